The van der Waals surface area contributed by atoms with Crippen molar-refractivity contribution in [3.8, 4) is 5.75 Å². The Morgan fingerprint density at radius 3 is 2.39 bits per heavy atom. The molecule has 0 aliphatic heterocycles. The van der Waals surface area contributed by atoms with E-state index in [0.29, 0.717) is 16.7 Å². The lowest BCUT2D eigenvalue weighted by molar-refractivity contribution is -0.148. The zero-order chi connectivity index (χ0) is 21.1. The van der Waals surface area contributed by atoms with E-state index in [1.165, 1.54) is 19.4 Å². The number of methoxy groups -OCH3 is 1. The van der Waals surface area contributed by atoms with Gasteiger partial charge in [0.25, 0.3) is 0 Å². The van der Waals surface area contributed by atoms with Crippen LogP contribution in [0.15, 0.2) is 24.4 Å². The molecule has 0 atom stereocenters. The summed E-state index contributed by atoms with van der Waals surface area (Å²) in [6, 6.07) is 4.65. The third-order valence-electron chi connectivity index (χ3n) is 3.57. The number of aromatic nitrogens is 1. The van der Waals surface area contributed by atoms with Gasteiger partial charge in [0.05, 0.1) is 11.9 Å². The van der Waals surface area contributed by atoms with E-state index in [2.05, 4.69) is 0 Å². The molecule has 0 saturated heterocycles. The van der Waals surface area contributed by atoms with Gasteiger partial charge < -0.3 is 19.3 Å². The maximum absolute atomic E-state index is 12.5. The minimum absolute atomic E-state index is 0.0123. The summed E-state index contributed by atoms with van der Waals surface area (Å²) in [5.74, 6) is -3.30. The van der Waals surface area contributed by atoms with Gasteiger partial charge in [0.15, 0.2) is 12.6 Å². The lowest BCUT2D eigenvalue weighted by Crippen LogP contribution is -2.26. The van der Waals surface area contributed by atoms with Gasteiger partial charge in [-0.2, -0.15) is 0 Å². The van der Waals surface area contributed by atoms with Crippen molar-refractivity contribution in [3.63, 3.8) is 0 Å². The largest absolute Gasteiger partial charge is 0.475 e. The highest BCUT2D eigenvalue weighted by molar-refractivity contribution is 6.38. The van der Waals surface area contributed by atoms with Crippen LogP contribution in [0, 0.1) is 0 Å². The zero-order valence-electron chi connectivity index (χ0n) is 16.0. The summed E-state index contributed by atoms with van der Waals surface area (Å²) in [6.07, 6.45) is -0.311. The Hall–Kier alpha value is -3.20. The van der Waals surface area contributed by atoms with E-state index >= 15 is 0 Å². The molecule has 9 heteroatoms. The van der Waals surface area contributed by atoms with E-state index in [1.807, 2.05) is 0 Å². The third kappa shape index (κ3) is 4.95. The minimum Gasteiger partial charge on any atom is -0.475 e. The Bertz CT molecular complexity index is 935. The predicted molar refractivity (Wildman–Crippen MR) is 97.7 cm³/mol. The number of carboxylic acid groups (broad SMARTS) is 1. The van der Waals surface area contributed by atoms with Crippen LogP contribution in [0.25, 0.3) is 10.9 Å². The van der Waals surface area contributed by atoms with E-state index < -0.39 is 35.7 Å². The zero-order valence-corrected chi connectivity index (χ0v) is 16.0. The topological polar surface area (TPSA) is 121 Å². The molecule has 150 valence electrons. The van der Waals surface area contributed by atoms with Crippen LogP contribution in [0.5, 0.6) is 5.75 Å². The number of benzene rings is 1. The van der Waals surface area contributed by atoms with Crippen LogP contribution in [0.3, 0.4) is 0 Å². The summed E-state index contributed by atoms with van der Waals surface area (Å²) >= 11 is 0. The van der Waals surface area contributed by atoms with Crippen LogP contribution in [0.1, 0.15) is 37.6 Å². The van der Waals surface area contributed by atoms with Gasteiger partial charge in [-0.25, -0.2) is 9.59 Å². The van der Waals surface area contributed by atoms with Crippen molar-refractivity contribution in [2.75, 3.05) is 13.9 Å². The van der Waals surface area contributed by atoms with E-state index in [0.717, 1.165) is 4.57 Å². The third-order valence-corrected chi connectivity index (χ3v) is 3.57. The summed E-state index contributed by atoms with van der Waals surface area (Å²) in [6.45, 7) is 5.07. The van der Waals surface area contributed by atoms with Crippen molar-refractivity contribution in [1.82, 2.24) is 4.57 Å². The maximum Gasteiger partial charge on any atom is 0.419 e. The highest BCUT2D eigenvalue weighted by Gasteiger charge is 2.25. The standard InChI is InChI=1S/C19H21NO8/c1-19(2,3)28-18(25)20-9-13(15(21)8-16(22)17(23)24)12-7-11(27-10-26-4)5-6-14(12)20/h5-7,9H,8,10H2,1-4H3,(H,23,24). The molecule has 0 saturated carbocycles. The molecule has 0 amide bonds. The van der Waals surface area contributed by atoms with Gasteiger partial charge in [0.1, 0.15) is 11.4 Å². The van der Waals surface area contributed by atoms with Crippen LogP contribution in [-0.2, 0) is 19.1 Å². The molecule has 0 aliphatic rings. The molecule has 0 unspecified atom stereocenters. The summed E-state index contributed by atoms with van der Waals surface area (Å²) in [4.78, 5) is 47.2. The Kier molecular flexibility index (Phi) is 6.19. The Labute approximate surface area is 160 Å². The molecule has 1 aromatic carbocycles. The second-order valence-electron chi connectivity index (χ2n) is 6.95. The van der Waals surface area contributed by atoms with E-state index in [4.69, 9.17) is 19.3 Å². The smallest absolute Gasteiger partial charge is 0.419 e. The molecule has 2 aromatic rings. The molecule has 0 bridgehead atoms. The fourth-order valence-electron chi connectivity index (χ4n) is 2.43. The van der Waals surface area contributed by atoms with Crippen LogP contribution < -0.4 is 4.74 Å². The molecule has 0 radical (unpaired) electrons. The number of hydrogen-bond acceptors (Lipinski definition) is 7. The maximum atomic E-state index is 12.5. The fourth-order valence-corrected chi connectivity index (χ4v) is 2.43. The van der Waals surface area contributed by atoms with Crippen LogP contribution >= 0.6 is 0 Å². The summed E-state index contributed by atoms with van der Waals surface area (Å²) in [5, 5.41) is 9.06. The van der Waals surface area contributed by atoms with Crippen molar-refractivity contribution in [3.05, 3.63) is 30.0 Å². The van der Waals surface area contributed by atoms with Crippen molar-refractivity contribution in [1.29, 1.82) is 0 Å². The van der Waals surface area contributed by atoms with E-state index in [1.54, 1.807) is 32.9 Å². The number of rotatable bonds is 7. The number of ketones is 2. The number of fused-ring (bicyclic) bond motifs is 1. The Morgan fingerprint density at radius 1 is 1.14 bits per heavy atom. The lowest BCUT2D eigenvalue weighted by atomic mass is 10.0. The van der Waals surface area contributed by atoms with Crippen molar-refractivity contribution >= 4 is 34.5 Å². The molecule has 1 N–H and O–H groups in total. The molecule has 0 aliphatic carbocycles. The summed E-state index contributed by atoms with van der Waals surface area (Å²) in [7, 11) is 1.45. The van der Waals surface area contributed by atoms with Gasteiger partial charge in [0, 0.05) is 24.3 Å². The minimum atomic E-state index is -1.70. The molecule has 9 nitrogen and oxygen atoms in total. The highest BCUT2D eigenvalue weighted by Crippen LogP contribution is 2.28. The molecule has 28 heavy (non-hydrogen) atoms. The second-order valence-corrected chi connectivity index (χ2v) is 6.95. The number of carboxylic acids is 1. The molecule has 0 fully saturated rings. The van der Waals surface area contributed by atoms with Gasteiger partial charge in [0.2, 0.25) is 5.78 Å². The molecule has 2 rings (SSSR count). The van der Waals surface area contributed by atoms with Crippen molar-refractivity contribution in [2.45, 2.75) is 32.8 Å². The SMILES string of the molecule is COCOc1ccc2c(c1)c(C(=O)CC(=O)C(=O)O)cn2C(=O)OC(C)(C)C. The highest BCUT2D eigenvalue weighted by atomic mass is 16.7. The number of carbonyl (C=O) groups is 4. The predicted octanol–water partition coefficient (Wildman–Crippen LogP) is 2.63. The Morgan fingerprint density at radius 2 is 1.82 bits per heavy atom. The Balaban J connectivity index is 2.53. The van der Waals surface area contributed by atoms with Gasteiger partial charge in [-0.3, -0.25) is 14.2 Å². The number of nitrogens with zero attached hydrogens (tertiary/aromatic N) is 1. The van der Waals surface area contributed by atoms with Gasteiger partial charge >= 0.3 is 12.1 Å². The van der Waals surface area contributed by atoms with Crippen molar-refractivity contribution < 1.29 is 38.5 Å². The first-order chi connectivity index (χ1) is 13.0. The lowest BCUT2D eigenvalue weighted by Gasteiger charge is -2.19. The molecular weight excluding hydrogens is 370 g/mol. The second kappa shape index (κ2) is 8.22. The number of carbonyl (C=O) groups excluding carboxylic acids is 3. The van der Waals surface area contributed by atoms with Gasteiger partial charge in [-0.1, -0.05) is 0 Å². The van der Waals surface area contributed by atoms with E-state index in [9.17, 15) is 19.2 Å². The van der Waals surface area contributed by atoms with Crippen LogP contribution in [-0.4, -0.2) is 52.8 Å². The number of Topliss-reactive ketones (excluding diaryl/α,β-unsaturated/α-hetero) is 2. The average molecular weight is 391 g/mol. The number of ether oxygens (including phenoxy) is 3. The normalized spacial score (nSPS) is 11.3. The average Bonchev–Trinajstić information content (AvgIpc) is 2.97. The van der Waals surface area contributed by atoms with Crippen LogP contribution in [0.4, 0.5) is 4.79 Å². The number of aliphatic carboxylic acids is 1. The summed E-state index contributed by atoms with van der Waals surface area (Å²) in [5.41, 5.74) is -0.401. The van der Waals surface area contributed by atoms with E-state index in [-0.39, 0.29) is 12.4 Å². The van der Waals surface area contributed by atoms with Crippen LogP contribution in [0.2, 0.25) is 0 Å². The monoisotopic (exact) mass is 391 g/mol. The first kappa shape index (κ1) is 21.1. The summed E-state index contributed by atoms with van der Waals surface area (Å²) < 4.78 is 16.7. The van der Waals surface area contributed by atoms with Gasteiger partial charge in [-0.05, 0) is 39.0 Å². The first-order valence-electron chi connectivity index (χ1n) is 8.33. The van der Waals surface area contributed by atoms with Gasteiger partial charge in [-0.15, -0.1) is 0 Å². The molecule has 0 spiro atoms. The number of hydrogen-bond donors (Lipinski definition) is 1. The van der Waals surface area contributed by atoms with Crippen molar-refractivity contribution in [2.24, 2.45) is 0 Å². The fraction of sp³-hybridized carbons (Fsp3) is 0.368. The first-order valence-corrected chi connectivity index (χ1v) is 8.33. The molecule has 1 aromatic heterocycles. The molecule has 1 heterocycles. The quantitative estimate of drug-likeness (QED) is 0.331. The molecular formula is C19H21NO8.